The normalized spacial score (nSPS) is 14.4. The first-order valence-corrected chi connectivity index (χ1v) is 5.08. The van der Waals surface area contributed by atoms with Crippen LogP contribution in [0.1, 0.15) is 5.56 Å². The monoisotopic (exact) mass is 275 g/mol. The van der Waals surface area contributed by atoms with E-state index in [0.29, 0.717) is 0 Å². The second-order valence-corrected chi connectivity index (χ2v) is 4.22. The zero-order chi connectivity index (χ0) is 7.84. The fourth-order valence-corrected chi connectivity index (χ4v) is 2.17. The van der Waals surface area contributed by atoms with Crippen LogP contribution in [0.25, 0.3) is 0 Å². The highest BCUT2D eigenvalue weighted by Gasteiger charge is 2.13. The Kier molecular flexibility index (Phi) is 1.93. The van der Waals surface area contributed by atoms with Crippen LogP contribution in [0.4, 0.5) is 5.69 Å². The van der Waals surface area contributed by atoms with Crippen molar-refractivity contribution in [2.75, 3.05) is 11.9 Å². The standard InChI is InChI=1S/C8H7Br2N/c9-6-2-1-5-3-4-11-8(5)7(6)10/h1-2,11H,3-4H2. The first-order valence-electron chi connectivity index (χ1n) is 3.50. The van der Waals surface area contributed by atoms with Crippen molar-refractivity contribution >= 4 is 37.5 Å². The number of fused-ring (bicyclic) bond motifs is 1. The van der Waals surface area contributed by atoms with Crippen LogP contribution < -0.4 is 5.32 Å². The molecule has 0 atom stereocenters. The van der Waals surface area contributed by atoms with Crippen molar-refractivity contribution in [3.05, 3.63) is 26.6 Å². The minimum absolute atomic E-state index is 1.06. The largest absolute Gasteiger partial charge is 0.384 e. The molecule has 0 bridgehead atoms. The summed E-state index contributed by atoms with van der Waals surface area (Å²) in [5, 5.41) is 3.33. The maximum atomic E-state index is 3.52. The number of hydrogen-bond acceptors (Lipinski definition) is 1. The summed E-state index contributed by atoms with van der Waals surface area (Å²) in [4.78, 5) is 0. The molecule has 1 nitrogen and oxygen atoms in total. The van der Waals surface area contributed by atoms with Gasteiger partial charge in [-0.2, -0.15) is 0 Å². The Balaban J connectivity index is 2.62. The molecule has 0 spiro atoms. The van der Waals surface area contributed by atoms with E-state index in [0.717, 1.165) is 21.9 Å². The van der Waals surface area contributed by atoms with Gasteiger partial charge in [0.05, 0.1) is 10.2 Å². The molecule has 0 radical (unpaired) electrons. The summed E-state index contributed by atoms with van der Waals surface area (Å²) in [5.74, 6) is 0. The maximum Gasteiger partial charge on any atom is 0.0551 e. The van der Waals surface area contributed by atoms with Crippen molar-refractivity contribution in [3.8, 4) is 0 Å². The predicted octanol–water partition coefficient (Wildman–Crippen LogP) is 3.18. The van der Waals surface area contributed by atoms with Gasteiger partial charge >= 0.3 is 0 Å². The van der Waals surface area contributed by atoms with Gasteiger partial charge in [-0.1, -0.05) is 6.07 Å². The molecule has 11 heavy (non-hydrogen) atoms. The second-order valence-electron chi connectivity index (χ2n) is 2.57. The number of anilines is 1. The van der Waals surface area contributed by atoms with E-state index in [9.17, 15) is 0 Å². The third kappa shape index (κ3) is 1.20. The molecule has 3 heteroatoms. The molecule has 0 saturated heterocycles. The molecule has 0 aliphatic carbocycles. The average molecular weight is 277 g/mol. The zero-order valence-corrected chi connectivity index (χ0v) is 9.00. The molecule has 0 aromatic heterocycles. The molecular weight excluding hydrogens is 270 g/mol. The van der Waals surface area contributed by atoms with Crippen molar-refractivity contribution in [1.82, 2.24) is 0 Å². The van der Waals surface area contributed by atoms with Crippen LogP contribution in [-0.2, 0) is 6.42 Å². The molecule has 1 N–H and O–H groups in total. The third-order valence-corrected chi connectivity index (χ3v) is 3.89. The van der Waals surface area contributed by atoms with E-state index in [-0.39, 0.29) is 0 Å². The molecule has 1 aromatic rings. The van der Waals surface area contributed by atoms with Crippen LogP contribution >= 0.6 is 31.9 Å². The first kappa shape index (κ1) is 7.62. The van der Waals surface area contributed by atoms with Crippen LogP contribution in [0.3, 0.4) is 0 Å². The minimum Gasteiger partial charge on any atom is -0.384 e. The van der Waals surface area contributed by atoms with E-state index < -0.39 is 0 Å². The lowest BCUT2D eigenvalue weighted by Crippen LogP contribution is -1.91. The zero-order valence-electron chi connectivity index (χ0n) is 5.82. The smallest absolute Gasteiger partial charge is 0.0551 e. The summed E-state index contributed by atoms with van der Waals surface area (Å²) in [5.41, 5.74) is 2.65. The number of nitrogens with one attached hydrogen (secondary N) is 1. The molecule has 58 valence electrons. The van der Waals surface area contributed by atoms with E-state index >= 15 is 0 Å². The van der Waals surface area contributed by atoms with Crippen LogP contribution in [0, 0.1) is 0 Å². The molecular formula is C8H7Br2N. The SMILES string of the molecule is Brc1ccc2c(c1Br)NCC2. The number of rotatable bonds is 0. The Hall–Kier alpha value is -0.0200. The lowest BCUT2D eigenvalue weighted by molar-refractivity contribution is 1.11. The van der Waals surface area contributed by atoms with Crippen molar-refractivity contribution < 1.29 is 0 Å². The van der Waals surface area contributed by atoms with Gasteiger partial charge in [-0.25, -0.2) is 0 Å². The molecule has 2 rings (SSSR count). The van der Waals surface area contributed by atoms with Crippen molar-refractivity contribution in [2.24, 2.45) is 0 Å². The lowest BCUT2D eigenvalue weighted by Gasteiger charge is -2.03. The maximum absolute atomic E-state index is 3.52. The Labute approximate surface area is 82.4 Å². The lowest BCUT2D eigenvalue weighted by atomic mass is 10.2. The van der Waals surface area contributed by atoms with Gasteiger partial charge in [-0.3, -0.25) is 0 Å². The summed E-state index contributed by atoms with van der Waals surface area (Å²) in [6, 6.07) is 4.24. The van der Waals surface area contributed by atoms with Gasteiger partial charge in [0.2, 0.25) is 0 Å². The van der Waals surface area contributed by atoms with E-state index in [1.165, 1.54) is 11.3 Å². The third-order valence-electron chi connectivity index (χ3n) is 1.88. The highest BCUT2D eigenvalue weighted by Crippen LogP contribution is 2.36. The first-order chi connectivity index (χ1) is 5.29. The van der Waals surface area contributed by atoms with Gasteiger partial charge in [0, 0.05) is 11.0 Å². The van der Waals surface area contributed by atoms with Gasteiger partial charge in [0.25, 0.3) is 0 Å². The fraction of sp³-hybridized carbons (Fsp3) is 0.250. The number of benzene rings is 1. The van der Waals surface area contributed by atoms with Gasteiger partial charge in [-0.15, -0.1) is 0 Å². The van der Waals surface area contributed by atoms with E-state index in [4.69, 9.17) is 0 Å². The van der Waals surface area contributed by atoms with Gasteiger partial charge in [-0.05, 0) is 49.9 Å². The molecule has 0 fully saturated rings. The van der Waals surface area contributed by atoms with E-state index in [1.54, 1.807) is 0 Å². The summed E-state index contributed by atoms with van der Waals surface area (Å²) >= 11 is 6.98. The number of halogens is 2. The minimum atomic E-state index is 1.06. The number of hydrogen-bond donors (Lipinski definition) is 1. The topological polar surface area (TPSA) is 12.0 Å². The molecule has 1 aliphatic rings. The summed E-state index contributed by atoms with van der Waals surface area (Å²) in [6.45, 7) is 1.06. The molecule has 1 aromatic carbocycles. The van der Waals surface area contributed by atoms with Crippen LogP contribution in [0.5, 0.6) is 0 Å². The van der Waals surface area contributed by atoms with Crippen molar-refractivity contribution in [2.45, 2.75) is 6.42 Å². The molecule has 1 heterocycles. The van der Waals surface area contributed by atoms with E-state index in [1.807, 2.05) is 0 Å². The van der Waals surface area contributed by atoms with Gasteiger partial charge in [0.1, 0.15) is 0 Å². The highest BCUT2D eigenvalue weighted by molar-refractivity contribution is 9.13. The quantitative estimate of drug-likeness (QED) is 0.768. The van der Waals surface area contributed by atoms with Crippen molar-refractivity contribution in [1.29, 1.82) is 0 Å². The fourth-order valence-electron chi connectivity index (χ4n) is 1.31. The van der Waals surface area contributed by atoms with E-state index in [2.05, 4.69) is 49.3 Å². The second kappa shape index (κ2) is 2.79. The predicted molar refractivity (Wildman–Crippen MR) is 54.0 cm³/mol. The summed E-state index contributed by atoms with van der Waals surface area (Å²) < 4.78 is 2.26. The molecule has 0 unspecified atom stereocenters. The summed E-state index contributed by atoms with van der Waals surface area (Å²) in [7, 11) is 0. The van der Waals surface area contributed by atoms with Crippen LogP contribution in [-0.4, -0.2) is 6.54 Å². The van der Waals surface area contributed by atoms with Crippen LogP contribution in [0.15, 0.2) is 21.1 Å². The summed E-state index contributed by atoms with van der Waals surface area (Å²) in [6.07, 6.45) is 1.14. The molecule has 0 saturated carbocycles. The average Bonchev–Trinajstić information content (AvgIpc) is 2.45. The van der Waals surface area contributed by atoms with Gasteiger partial charge in [0.15, 0.2) is 0 Å². The molecule has 1 aliphatic heterocycles. The Morgan fingerprint density at radius 1 is 1.27 bits per heavy atom. The Morgan fingerprint density at radius 3 is 2.91 bits per heavy atom. The Morgan fingerprint density at radius 2 is 2.09 bits per heavy atom. The highest BCUT2D eigenvalue weighted by atomic mass is 79.9. The van der Waals surface area contributed by atoms with Crippen LogP contribution in [0.2, 0.25) is 0 Å². The van der Waals surface area contributed by atoms with Gasteiger partial charge < -0.3 is 5.32 Å². The molecule has 0 amide bonds. The van der Waals surface area contributed by atoms with Crippen molar-refractivity contribution in [3.63, 3.8) is 0 Å². The Bertz CT molecular complexity index is 296.